The van der Waals surface area contributed by atoms with E-state index in [4.69, 9.17) is 4.98 Å². The third kappa shape index (κ3) is 5.51. The molecule has 0 fully saturated rings. The third-order valence-corrected chi connectivity index (χ3v) is 6.46. The first kappa shape index (κ1) is 23.7. The molecule has 0 N–H and O–H groups in total. The van der Waals surface area contributed by atoms with E-state index in [1.165, 1.54) is 5.56 Å². The van der Waals surface area contributed by atoms with E-state index >= 15 is 0 Å². The van der Waals surface area contributed by atoms with E-state index in [-0.39, 0.29) is 18.3 Å². The van der Waals surface area contributed by atoms with E-state index < -0.39 is 0 Å². The van der Waals surface area contributed by atoms with Gasteiger partial charge in [0.15, 0.2) is 5.13 Å². The Labute approximate surface area is 187 Å². The molecule has 29 heavy (non-hydrogen) atoms. The highest BCUT2D eigenvalue weighted by Gasteiger charge is 2.23. The topological polar surface area (TPSA) is 36.4 Å². The highest BCUT2D eigenvalue weighted by Crippen LogP contribution is 2.33. The number of benzene rings is 2. The van der Waals surface area contributed by atoms with Crippen molar-refractivity contribution < 1.29 is 4.79 Å². The molecule has 0 atom stereocenters. The summed E-state index contributed by atoms with van der Waals surface area (Å²) in [6.07, 6.45) is 0. The van der Waals surface area contributed by atoms with Gasteiger partial charge in [0.1, 0.15) is 0 Å². The number of amides is 1. The quantitative estimate of drug-likeness (QED) is 0.436. The summed E-state index contributed by atoms with van der Waals surface area (Å²) >= 11 is 3.30. The second kappa shape index (κ2) is 10.4. The van der Waals surface area contributed by atoms with Crippen molar-refractivity contribution in [2.45, 2.75) is 25.7 Å². The average molecular weight is 450 g/mol. The fraction of sp³-hybridized carbons (Fsp3) is 0.364. The summed E-state index contributed by atoms with van der Waals surface area (Å²) in [5.74, 6) is 0.952. The van der Waals surface area contributed by atoms with Gasteiger partial charge in [-0.3, -0.25) is 9.69 Å². The Morgan fingerprint density at radius 1 is 1.14 bits per heavy atom. The van der Waals surface area contributed by atoms with E-state index in [9.17, 15) is 4.79 Å². The molecule has 2 aromatic carbocycles. The second-order valence-electron chi connectivity index (χ2n) is 7.11. The van der Waals surface area contributed by atoms with Crippen molar-refractivity contribution in [3.63, 3.8) is 0 Å². The van der Waals surface area contributed by atoms with E-state index in [1.54, 1.807) is 23.1 Å². The summed E-state index contributed by atoms with van der Waals surface area (Å²) < 4.78 is 1.13. The number of halogens is 1. The largest absolute Gasteiger partial charge is 0.308 e. The van der Waals surface area contributed by atoms with Crippen LogP contribution < -0.4 is 4.90 Å². The van der Waals surface area contributed by atoms with E-state index in [1.807, 2.05) is 43.3 Å². The Bertz CT molecular complexity index is 987. The maximum atomic E-state index is 13.5. The van der Waals surface area contributed by atoms with Gasteiger partial charge in [-0.2, -0.15) is 0 Å². The zero-order valence-corrected chi connectivity index (χ0v) is 20.0. The monoisotopic (exact) mass is 449 g/mol. The van der Waals surface area contributed by atoms with Crippen molar-refractivity contribution >= 4 is 56.8 Å². The molecule has 0 aliphatic carbocycles. The van der Waals surface area contributed by atoms with Gasteiger partial charge in [0, 0.05) is 18.0 Å². The molecular formula is C22H28ClN3OS2. The van der Waals surface area contributed by atoms with Crippen LogP contribution in [0.15, 0.2) is 41.3 Å². The van der Waals surface area contributed by atoms with Crippen LogP contribution in [0.1, 0.15) is 28.4 Å². The van der Waals surface area contributed by atoms with Gasteiger partial charge in [0.05, 0.1) is 15.8 Å². The first-order valence-corrected chi connectivity index (χ1v) is 11.3. The first-order chi connectivity index (χ1) is 13.4. The number of hydrogen-bond acceptors (Lipinski definition) is 5. The van der Waals surface area contributed by atoms with Crippen molar-refractivity contribution in [2.24, 2.45) is 0 Å². The maximum Gasteiger partial charge on any atom is 0.261 e. The minimum atomic E-state index is 0. The molecule has 0 radical (unpaired) electrons. The number of aryl methyl sites for hydroxylation is 2. The van der Waals surface area contributed by atoms with Gasteiger partial charge in [-0.15, -0.1) is 24.2 Å². The van der Waals surface area contributed by atoms with Crippen LogP contribution in [0, 0.1) is 13.8 Å². The Morgan fingerprint density at radius 2 is 1.86 bits per heavy atom. The number of anilines is 1. The molecule has 0 spiro atoms. The highest BCUT2D eigenvalue weighted by atomic mass is 35.5. The summed E-state index contributed by atoms with van der Waals surface area (Å²) in [5.41, 5.74) is 4.11. The zero-order chi connectivity index (χ0) is 20.3. The van der Waals surface area contributed by atoms with Gasteiger partial charge in [-0.25, -0.2) is 4.98 Å². The van der Waals surface area contributed by atoms with Crippen LogP contribution >= 0.6 is 35.5 Å². The van der Waals surface area contributed by atoms with Gasteiger partial charge >= 0.3 is 0 Å². The fourth-order valence-electron chi connectivity index (χ4n) is 3.13. The Balaban J connectivity index is 0.00000300. The first-order valence-electron chi connectivity index (χ1n) is 9.47. The zero-order valence-electron chi connectivity index (χ0n) is 17.6. The standard InChI is InChI=1S/C22H27N3OS2.ClH/c1-6-27-18-10-8-7-9-17(18)21(26)25(12-11-24(4)5)22-23-20-16(3)13-15(2)14-19(20)28-22;/h7-10,13-14H,6,11-12H2,1-5H3;1H. The average Bonchev–Trinajstić information content (AvgIpc) is 3.06. The number of likely N-dealkylation sites (N-methyl/N-ethyl adjacent to an activating group) is 1. The summed E-state index contributed by atoms with van der Waals surface area (Å²) in [6, 6.07) is 12.2. The highest BCUT2D eigenvalue weighted by molar-refractivity contribution is 7.99. The van der Waals surface area contributed by atoms with Crippen molar-refractivity contribution in [3.8, 4) is 0 Å². The van der Waals surface area contributed by atoms with E-state index in [0.717, 1.165) is 43.7 Å². The summed E-state index contributed by atoms with van der Waals surface area (Å²) in [7, 11) is 4.05. The van der Waals surface area contributed by atoms with Crippen LogP contribution in [0.3, 0.4) is 0 Å². The molecule has 0 bridgehead atoms. The fourth-order valence-corrected chi connectivity index (χ4v) is 5.09. The molecule has 1 heterocycles. The lowest BCUT2D eigenvalue weighted by Gasteiger charge is -2.23. The summed E-state index contributed by atoms with van der Waals surface area (Å²) in [6.45, 7) is 7.67. The van der Waals surface area contributed by atoms with Gasteiger partial charge in [-0.1, -0.05) is 36.5 Å². The van der Waals surface area contributed by atoms with Gasteiger partial charge in [0.2, 0.25) is 0 Å². The minimum Gasteiger partial charge on any atom is -0.308 e. The lowest BCUT2D eigenvalue weighted by atomic mass is 10.1. The van der Waals surface area contributed by atoms with Crippen molar-refractivity contribution in [3.05, 3.63) is 53.1 Å². The van der Waals surface area contributed by atoms with Crippen LogP contribution in [-0.4, -0.2) is 48.7 Å². The third-order valence-electron chi connectivity index (χ3n) is 4.48. The molecule has 3 aromatic rings. The lowest BCUT2D eigenvalue weighted by molar-refractivity contribution is 0.0982. The number of carbonyl (C=O) groups excluding carboxylic acids is 1. The Morgan fingerprint density at radius 3 is 2.55 bits per heavy atom. The van der Waals surface area contributed by atoms with Gasteiger partial charge < -0.3 is 4.90 Å². The normalized spacial score (nSPS) is 11.0. The van der Waals surface area contributed by atoms with E-state index in [2.05, 4.69) is 37.8 Å². The maximum absolute atomic E-state index is 13.5. The molecule has 0 saturated heterocycles. The SMILES string of the molecule is CCSc1ccccc1C(=O)N(CCN(C)C)c1nc2c(C)cc(C)cc2s1.Cl. The second-order valence-corrected chi connectivity index (χ2v) is 9.43. The number of nitrogens with zero attached hydrogens (tertiary/aromatic N) is 3. The molecular weight excluding hydrogens is 422 g/mol. The molecule has 1 aromatic heterocycles. The van der Waals surface area contributed by atoms with Crippen molar-refractivity contribution in [2.75, 3.05) is 37.8 Å². The van der Waals surface area contributed by atoms with Crippen LogP contribution in [0.4, 0.5) is 5.13 Å². The predicted octanol–water partition coefficient (Wildman–Crippen LogP) is 5.66. The van der Waals surface area contributed by atoms with Crippen LogP contribution in [0.2, 0.25) is 0 Å². The molecule has 0 aliphatic heterocycles. The molecule has 0 saturated carbocycles. The molecule has 156 valence electrons. The molecule has 3 rings (SSSR count). The van der Waals surface area contributed by atoms with Crippen LogP contribution in [-0.2, 0) is 0 Å². The molecule has 1 amide bonds. The van der Waals surface area contributed by atoms with Gasteiger partial charge in [-0.05, 0) is 63.0 Å². The lowest BCUT2D eigenvalue weighted by Crippen LogP contribution is -2.37. The summed E-state index contributed by atoms with van der Waals surface area (Å²) in [4.78, 5) is 23.4. The molecule has 0 aliphatic rings. The number of aromatic nitrogens is 1. The summed E-state index contributed by atoms with van der Waals surface area (Å²) in [5, 5.41) is 0.770. The smallest absolute Gasteiger partial charge is 0.261 e. The number of fused-ring (bicyclic) bond motifs is 1. The van der Waals surface area contributed by atoms with E-state index in [0.29, 0.717) is 6.54 Å². The number of hydrogen-bond donors (Lipinski definition) is 0. The number of thiazole rings is 1. The van der Waals surface area contributed by atoms with Crippen LogP contribution in [0.5, 0.6) is 0 Å². The molecule has 7 heteroatoms. The Kier molecular flexibility index (Phi) is 8.52. The number of carbonyl (C=O) groups is 1. The molecule has 4 nitrogen and oxygen atoms in total. The van der Waals surface area contributed by atoms with Crippen molar-refractivity contribution in [1.82, 2.24) is 9.88 Å². The number of rotatable bonds is 7. The number of thioether (sulfide) groups is 1. The van der Waals surface area contributed by atoms with Gasteiger partial charge in [0.25, 0.3) is 5.91 Å². The molecule has 0 unspecified atom stereocenters. The van der Waals surface area contributed by atoms with Crippen LogP contribution in [0.25, 0.3) is 10.2 Å². The predicted molar refractivity (Wildman–Crippen MR) is 129 cm³/mol. The van der Waals surface area contributed by atoms with Crippen molar-refractivity contribution in [1.29, 1.82) is 0 Å². The Hall–Kier alpha value is -1.60. The minimum absolute atomic E-state index is 0.